The zero-order chi connectivity index (χ0) is 10.8. The number of rotatable bonds is 2. The Kier molecular flexibility index (Phi) is 2.64. The number of aryl methyl sites for hydroxylation is 1. The van der Waals surface area contributed by atoms with Gasteiger partial charge in [-0.1, -0.05) is 23.7 Å². The molecule has 0 unspecified atom stereocenters. The average molecular weight is 222 g/mol. The van der Waals surface area contributed by atoms with Gasteiger partial charge in [0.15, 0.2) is 0 Å². The van der Waals surface area contributed by atoms with Crippen LogP contribution in [0.15, 0.2) is 30.5 Å². The van der Waals surface area contributed by atoms with E-state index in [9.17, 15) is 0 Å². The van der Waals surface area contributed by atoms with Crippen molar-refractivity contribution in [2.24, 2.45) is 0 Å². The fourth-order valence-electron chi connectivity index (χ4n) is 1.42. The predicted molar refractivity (Wildman–Crippen MR) is 61.9 cm³/mol. The second-order valence-corrected chi connectivity index (χ2v) is 3.94. The summed E-state index contributed by atoms with van der Waals surface area (Å²) in [5, 5.41) is 4.92. The van der Waals surface area contributed by atoms with E-state index in [1.807, 2.05) is 31.2 Å². The number of aromatic nitrogens is 2. The topological polar surface area (TPSA) is 43.8 Å². The van der Waals surface area contributed by atoms with Gasteiger partial charge >= 0.3 is 0 Å². The van der Waals surface area contributed by atoms with Crippen LogP contribution in [-0.2, 0) is 6.54 Å². The largest absolute Gasteiger partial charge is 0.384 e. The monoisotopic (exact) mass is 221 g/mol. The maximum Gasteiger partial charge on any atom is 0.124 e. The third-order valence-electron chi connectivity index (χ3n) is 2.29. The van der Waals surface area contributed by atoms with E-state index in [0.717, 1.165) is 16.1 Å². The van der Waals surface area contributed by atoms with Crippen molar-refractivity contribution in [1.82, 2.24) is 9.78 Å². The van der Waals surface area contributed by atoms with Crippen LogP contribution in [0.5, 0.6) is 0 Å². The molecule has 0 spiro atoms. The second-order valence-electron chi connectivity index (χ2n) is 3.50. The molecule has 2 rings (SSSR count). The summed E-state index contributed by atoms with van der Waals surface area (Å²) in [6.07, 6.45) is 1.76. The van der Waals surface area contributed by atoms with Crippen LogP contribution in [0.3, 0.4) is 0 Å². The minimum Gasteiger partial charge on any atom is -0.384 e. The highest BCUT2D eigenvalue weighted by Gasteiger charge is 2.03. The van der Waals surface area contributed by atoms with Crippen LogP contribution < -0.4 is 5.73 Å². The number of nitrogen functional groups attached to an aromatic ring is 1. The number of nitrogens with two attached hydrogens (primary N) is 1. The predicted octanol–water partition coefficient (Wildman–Crippen LogP) is 2.48. The molecular weight excluding hydrogens is 210 g/mol. The first kappa shape index (κ1) is 10.1. The minimum atomic E-state index is 0.653. The number of nitrogens with zero attached hydrogens (tertiary/aromatic N) is 2. The third kappa shape index (κ3) is 2.13. The molecular formula is C11H12ClN3. The fraction of sp³-hybridized carbons (Fsp3) is 0.182. The van der Waals surface area contributed by atoms with Gasteiger partial charge in [-0.3, -0.25) is 0 Å². The Morgan fingerprint density at radius 2 is 2.27 bits per heavy atom. The molecule has 78 valence electrons. The first-order chi connectivity index (χ1) is 7.16. The van der Waals surface area contributed by atoms with Gasteiger partial charge < -0.3 is 5.73 Å². The molecule has 0 atom stereocenters. The lowest BCUT2D eigenvalue weighted by molar-refractivity contribution is 0.697. The molecule has 1 heterocycles. The average Bonchev–Trinajstić information content (AvgIpc) is 2.50. The number of benzene rings is 1. The Morgan fingerprint density at radius 3 is 2.87 bits per heavy atom. The van der Waals surface area contributed by atoms with Crippen LogP contribution in [0.1, 0.15) is 11.1 Å². The smallest absolute Gasteiger partial charge is 0.124 e. The summed E-state index contributed by atoms with van der Waals surface area (Å²) < 4.78 is 1.76. The first-order valence-corrected chi connectivity index (χ1v) is 5.07. The van der Waals surface area contributed by atoms with Crippen molar-refractivity contribution in [2.45, 2.75) is 13.5 Å². The lowest BCUT2D eigenvalue weighted by Crippen LogP contribution is -2.06. The Bertz CT molecular complexity index is 476. The summed E-state index contributed by atoms with van der Waals surface area (Å²) in [7, 11) is 0. The van der Waals surface area contributed by atoms with Gasteiger partial charge in [-0.15, -0.1) is 0 Å². The molecule has 0 radical (unpaired) electrons. The van der Waals surface area contributed by atoms with Crippen molar-refractivity contribution >= 4 is 17.4 Å². The molecule has 2 aromatic rings. The molecule has 2 N–H and O–H groups in total. The normalized spacial score (nSPS) is 10.5. The van der Waals surface area contributed by atoms with Gasteiger partial charge in [0.2, 0.25) is 0 Å². The zero-order valence-electron chi connectivity index (χ0n) is 8.44. The molecule has 0 bridgehead atoms. The van der Waals surface area contributed by atoms with Crippen LogP contribution in [-0.4, -0.2) is 9.78 Å². The molecule has 3 nitrogen and oxygen atoms in total. The molecule has 0 aliphatic heterocycles. The molecule has 0 fully saturated rings. The molecule has 15 heavy (non-hydrogen) atoms. The van der Waals surface area contributed by atoms with E-state index in [1.54, 1.807) is 10.9 Å². The Morgan fingerprint density at radius 1 is 1.47 bits per heavy atom. The van der Waals surface area contributed by atoms with Crippen molar-refractivity contribution in [3.05, 3.63) is 46.6 Å². The second kappa shape index (κ2) is 3.95. The van der Waals surface area contributed by atoms with E-state index in [2.05, 4.69) is 5.10 Å². The highest BCUT2D eigenvalue weighted by atomic mass is 35.5. The van der Waals surface area contributed by atoms with Crippen LogP contribution >= 0.6 is 11.6 Å². The molecule has 0 aliphatic rings. The fourth-order valence-corrected chi connectivity index (χ4v) is 1.64. The maximum absolute atomic E-state index is 5.90. The van der Waals surface area contributed by atoms with Crippen LogP contribution in [0.4, 0.5) is 5.82 Å². The quantitative estimate of drug-likeness (QED) is 0.847. The van der Waals surface area contributed by atoms with Crippen LogP contribution in [0, 0.1) is 6.92 Å². The maximum atomic E-state index is 5.90. The minimum absolute atomic E-state index is 0.653. The van der Waals surface area contributed by atoms with Gasteiger partial charge in [0, 0.05) is 10.6 Å². The summed E-state index contributed by atoms with van der Waals surface area (Å²) in [5.74, 6) is 0.704. The first-order valence-electron chi connectivity index (χ1n) is 4.69. The summed E-state index contributed by atoms with van der Waals surface area (Å²) in [6, 6.07) is 7.69. The van der Waals surface area contributed by atoms with Gasteiger partial charge in [-0.2, -0.15) is 5.10 Å². The summed E-state index contributed by atoms with van der Waals surface area (Å²) >= 11 is 5.90. The van der Waals surface area contributed by atoms with E-state index in [4.69, 9.17) is 17.3 Å². The summed E-state index contributed by atoms with van der Waals surface area (Å²) in [4.78, 5) is 0. The molecule has 4 heteroatoms. The van der Waals surface area contributed by atoms with Crippen molar-refractivity contribution < 1.29 is 0 Å². The van der Waals surface area contributed by atoms with Crippen LogP contribution in [0.25, 0.3) is 0 Å². The summed E-state index contributed by atoms with van der Waals surface area (Å²) in [6.45, 7) is 2.59. The van der Waals surface area contributed by atoms with E-state index in [-0.39, 0.29) is 0 Å². The number of hydrogen-bond donors (Lipinski definition) is 1. The number of anilines is 1. The highest BCUT2D eigenvalue weighted by Crippen LogP contribution is 2.14. The van der Waals surface area contributed by atoms with Crippen molar-refractivity contribution in [3.8, 4) is 0 Å². The Balaban J connectivity index is 2.26. The summed E-state index contributed by atoms with van der Waals surface area (Å²) in [5.41, 5.74) is 7.95. The molecule has 1 aromatic heterocycles. The standard InChI is InChI=1S/C11H12ClN3/c1-8-6-14-15(11(8)13)7-9-3-2-4-10(12)5-9/h2-6H,7,13H2,1H3. The van der Waals surface area contributed by atoms with E-state index < -0.39 is 0 Å². The van der Waals surface area contributed by atoms with Gasteiger partial charge in [-0.25, -0.2) is 4.68 Å². The van der Waals surface area contributed by atoms with Crippen molar-refractivity contribution in [3.63, 3.8) is 0 Å². The molecule has 0 saturated carbocycles. The van der Waals surface area contributed by atoms with Gasteiger partial charge in [0.1, 0.15) is 5.82 Å². The highest BCUT2D eigenvalue weighted by molar-refractivity contribution is 6.30. The molecule has 0 aliphatic carbocycles. The zero-order valence-corrected chi connectivity index (χ0v) is 9.20. The molecule has 1 aromatic carbocycles. The van der Waals surface area contributed by atoms with Crippen molar-refractivity contribution in [1.29, 1.82) is 0 Å². The van der Waals surface area contributed by atoms with Crippen molar-refractivity contribution in [2.75, 3.05) is 5.73 Å². The van der Waals surface area contributed by atoms with E-state index in [1.165, 1.54) is 0 Å². The van der Waals surface area contributed by atoms with Gasteiger partial charge in [0.05, 0.1) is 12.7 Å². The lowest BCUT2D eigenvalue weighted by atomic mass is 10.2. The Labute approximate surface area is 93.5 Å². The number of halogens is 1. The van der Waals surface area contributed by atoms with E-state index >= 15 is 0 Å². The van der Waals surface area contributed by atoms with Gasteiger partial charge in [0.25, 0.3) is 0 Å². The third-order valence-corrected chi connectivity index (χ3v) is 2.53. The SMILES string of the molecule is Cc1cnn(Cc2cccc(Cl)c2)c1N. The van der Waals surface area contributed by atoms with Gasteiger partial charge in [-0.05, 0) is 24.6 Å². The lowest BCUT2D eigenvalue weighted by Gasteiger charge is -2.04. The van der Waals surface area contributed by atoms with E-state index in [0.29, 0.717) is 12.4 Å². The Hall–Kier alpha value is -1.48. The molecule has 0 saturated heterocycles. The number of hydrogen-bond acceptors (Lipinski definition) is 2. The van der Waals surface area contributed by atoms with Crippen LogP contribution in [0.2, 0.25) is 5.02 Å². The molecule has 0 amide bonds.